The van der Waals surface area contributed by atoms with E-state index in [1.807, 2.05) is 4.90 Å². The molecule has 0 amide bonds. The van der Waals surface area contributed by atoms with Crippen LogP contribution in [0.5, 0.6) is 0 Å². The van der Waals surface area contributed by atoms with E-state index in [4.69, 9.17) is 0 Å². The van der Waals surface area contributed by atoms with Crippen molar-refractivity contribution in [1.29, 1.82) is 0 Å². The van der Waals surface area contributed by atoms with Gasteiger partial charge in [0, 0.05) is 25.3 Å². The molecular weight excluding hydrogens is 269 g/mol. The lowest BCUT2D eigenvalue weighted by atomic mass is 10.0. The number of benzene rings is 1. The minimum Gasteiger partial charge on any atom is -0.391 e. The second kappa shape index (κ2) is 6.01. The number of rotatable bonds is 3. The summed E-state index contributed by atoms with van der Waals surface area (Å²) in [7, 11) is 1.62. The fraction of sp³-hybridized carbons (Fsp3) is 0.571. The average molecular weight is 288 g/mol. The van der Waals surface area contributed by atoms with Gasteiger partial charge < -0.3 is 15.3 Å². The summed E-state index contributed by atoms with van der Waals surface area (Å²) in [6, 6.07) is 4.39. The van der Waals surface area contributed by atoms with Crippen LogP contribution in [0.2, 0.25) is 0 Å². The Kier molecular flexibility index (Phi) is 4.55. The third-order valence-electron chi connectivity index (χ3n) is 3.53. The van der Waals surface area contributed by atoms with E-state index in [1.165, 1.54) is 12.1 Å². The van der Waals surface area contributed by atoms with Gasteiger partial charge in [0.2, 0.25) is 0 Å². The van der Waals surface area contributed by atoms with Crippen molar-refractivity contribution >= 4 is 5.69 Å². The average Bonchev–Trinajstić information content (AvgIpc) is 2.38. The van der Waals surface area contributed by atoms with Crippen LogP contribution in [0.3, 0.4) is 0 Å². The highest BCUT2D eigenvalue weighted by atomic mass is 19.4. The van der Waals surface area contributed by atoms with Gasteiger partial charge >= 0.3 is 6.18 Å². The molecule has 112 valence electrons. The normalized spacial score (nSPS) is 20.2. The van der Waals surface area contributed by atoms with Crippen LogP contribution in [0.1, 0.15) is 24.0 Å². The lowest BCUT2D eigenvalue weighted by Crippen LogP contribution is -2.38. The SMILES string of the molecule is CNCc1ccc(N2CCCC(O)C2)cc1C(F)(F)F. The third-order valence-corrected chi connectivity index (χ3v) is 3.53. The number of nitrogens with zero attached hydrogens (tertiary/aromatic N) is 1. The molecule has 1 aromatic carbocycles. The summed E-state index contributed by atoms with van der Waals surface area (Å²) in [5, 5.41) is 12.4. The molecule has 20 heavy (non-hydrogen) atoms. The predicted molar refractivity (Wildman–Crippen MR) is 71.7 cm³/mol. The minimum atomic E-state index is -4.36. The first-order valence-electron chi connectivity index (χ1n) is 6.69. The number of hydrogen-bond donors (Lipinski definition) is 2. The van der Waals surface area contributed by atoms with Crippen molar-refractivity contribution < 1.29 is 18.3 Å². The highest BCUT2D eigenvalue weighted by Crippen LogP contribution is 2.35. The summed E-state index contributed by atoms with van der Waals surface area (Å²) in [4.78, 5) is 1.81. The maximum absolute atomic E-state index is 13.1. The molecule has 0 radical (unpaired) electrons. The summed E-state index contributed by atoms with van der Waals surface area (Å²) >= 11 is 0. The molecule has 2 rings (SSSR count). The van der Waals surface area contributed by atoms with Gasteiger partial charge in [-0.25, -0.2) is 0 Å². The van der Waals surface area contributed by atoms with Crippen molar-refractivity contribution in [3.8, 4) is 0 Å². The highest BCUT2D eigenvalue weighted by Gasteiger charge is 2.34. The number of aliphatic hydroxyl groups excluding tert-OH is 1. The molecule has 0 bridgehead atoms. The fourth-order valence-electron chi connectivity index (χ4n) is 2.56. The fourth-order valence-corrected chi connectivity index (χ4v) is 2.56. The zero-order valence-corrected chi connectivity index (χ0v) is 11.4. The van der Waals surface area contributed by atoms with E-state index >= 15 is 0 Å². The predicted octanol–water partition coefficient (Wildman–Crippen LogP) is 2.39. The lowest BCUT2D eigenvalue weighted by molar-refractivity contribution is -0.138. The Morgan fingerprint density at radius 1 is 1.40 bits per heavy atom. The number of hydrogen-bond acceptors (Lipinski definition) is 3. The Labute approximate surface area is 116 Å². The van der Waals surface area contributed by atoms with Crippen LogP contribution in [0.15, 0.2) is 18.2 Å². The number of β-amino-alcohol motifs (C(OH)–C–C–N with tert-alkyl or cyclic N) is 1. The van der Waals surface area contributed by atoms with Crippen LogP contribution in [-0.4, -0.2) is 31.3 Å². The molecule has 6 heteroatoms. The summed E-state index contributed by atoms with van der Waals surface area (Å²) in [5.41, 5.74) is 0.154. The van der Waals surface area contributed by atoms with Crippen molar-refractivity contribution in [2.24, 2.45) is 0 Å². The molecular formula is C14H19F3N2O. The van der Waals surface area contributed by atoms with Crippen LogP contribution in [0.25, 0.3) is 0 Å². The van der Waals surface area contributed by atoms with Gasteiger partial charge in [-0.05, 0) is 37.6 Å². The van der Waals surface area contributed by atoms with Gasteiger partial charge in [0.15, 0.2) is 0 Å². The molecule has 1 saturated heterocycles. The Balaban J connectivity index is 2.31. The van der Waals surface area contributed by atoms with Crippen molar-refractivity contribution in [1.82, 2.24) is 5.32 Å². The molecule has 1 aliphatic rings. The van der Waals surface area contributed by atoms with Gasteiger partial charge in [-0.2, -0.15) is 13.2 Å². The third kappa shape index (κ3) is 3.43. The van der Waals surface area contributed by atoms with Crippen LogP contribution in [-0.2, 0) is 12.7 Å². The quantitative estimate of drug-likeness (QED) is 0.896. The second-order valence-corrected chi connectivity index (χ2v) is 5.11. The molecule has 1 fully saturated rings. The first-order valence-corrected chi connectivity index (χ1v) is 6.69. The Morgan fingerprint density at radius 3 is 2.75 bits per heavy atom. The van der Waals surface area contributed by atoms with Crippen molar-refractivity contribution in [2.75, 3.05) is 25.0 Å². The zero-order valence-electron chi connectivity index (χ0n) is 11.4. The summed E-state index contributed by atoms with van der Waals surface area (Å²) in [6.45, 7) is 1.25. The molecule has 1 atom stereocenters. The second-order valence-electron chi connectivity index (χ2n) is 5.11. The number of alkyl halides is 3. The van der Waals surface area contributed by atoms with E-state index in [0.717, 1.165) is 6.42 Å². The van der Waals surface area contributed by atoms with E-state index in [1.54, 1.807) is 13.1 Å². The Bertz CT molecular complexity index is 462. The number of aliphatic hydroxyl groups is 1. The largest absolute Gasteiger partial charge is 0.416 e. The molecule has 2 N–H and O–H groups in total. The monoisotopic (exact) mass is 288 g/mol. The van der Waals surface area contributed by atoms with Gasteiger partial charge in [-0.15, -0.1) is 0 Å². The van der Waals surface area contributed by atoms with Gasteiger partial charge in [0.05, 0.1) is 11.7 Å². The molecule has 0 spiro atoms. The zero-order chi connectivity index (χ0) is 14.8. The first-order chi connectivity index (χ1) is 9.41. The highest BCUT2D eigenvalue weighted by molar-refractivity contribution is 5.52. The van der Waals surface area contributed by atoms with Crippen LogP contribution in [0.4, 0.5) is 18.9 Å². The van der Waals surface area contributed by atoms with Crippen molar-refractivity contribution in [3.63, 3.8) is 0 Å². The number of nitrogens with one attached hydrogen (secondary N) is 1. The van der Waals surface area contributed by atoms with Gasteiger partial charge in [0.1, 0.15) is 0 Å². The van der Waals surface area contributed by atoms with Crippen LogP contribution >= 0.6 is 0 Å². The summed E-state index contributed by atoms with van der Waals surface area (Å²) < 4.78 is 39.3. The van der Waals surface area contributed by atoms with Crippen molar-refractivity contribution in [3.05, 3.63) is 29.3 Å². The maximum Gasteiger partial charge on any atom is 0.416 e. The van der Waals surface area contributed by atoms with Gasteiger partial charge in [-0.1, -0.05) is 6.07 Å². The molecule has 1 aliphatic heterocycles. The maximum atomic E-state index is 13.1. The lowest BCUT2D eigenvalue weighted by Gasteiger charge is -2.32. The molecule has 0 aromatic heterocycles. The van der Waals surface area contributed by atoms with E-state index < -0.39 is 17.8 Å². The number of piperidine rings is 1. The van der Waals surface area contributed by atoms with E-state index in [0.29, 0.717) is 25.2 Å². The first kappa shape index (κ1) is 15.1. The van der Waals surface area contributed by atoms with Crippen molar-refractivity contribution in [2.45, 2.75) is 31.7 Å². The molecule has 1 unspecified atom stereocenters. The van der Waals surface area contributed by atoms with E-state index in [9.17, 15) is 18.3 Å². The Hall–Kier alpha value is -1.27. The molecule has 1 aromatic rings. The standard InChI is InChI=1S/C14H19F3N2O/c1-18-8-10-4-5-11(7-13(10)14(15,16)17)19-6-2-3-12(20)9-19/h4-5,7,12,18,20H,2-3,6,8-9H2,1H3. The number of anilines is 1. The smallest absolute Gasteiger partial charge is 0.391 e. The van der Waals surface area contributed by atoms with Crippen LogP contribution in [0, 0.1) is 0 Å². The summed E-state index contributed by atoms with van der Waals surface area (Å²) in [6.07, 6.45) is -3.33. The summed E-state index contributed by atoms with van der Waals surface area (Å²) in [5.74, 6) is 0. The van der Waals surface area contributed by atoms with Gasteiger partial charge in [0.25, 0.3) is 0 Å². The molecule has 3 nitrogen and oxygen atoms in total. The minimum absolute atomic E-state index is 0.178. The molecule has 1 heterocycles. The number of halogens is 3. The topological polar surface area (TPSA) is 35.5 Å². The molecule has 0 aliphatic carbocycles. The van der Waals surface area contributed by atoms with E-state index in [2.05, 4.69) is 5.32 Å². The van der Waals surface area contributed by atoms with Crippen LogP contribution < -0.4 is 10.2 Å². The molecule has 0 saturated carbocycles. The van der Waals surface area contributed by atoms with Gasteiger partial charge in [-0.3, -0.25) is 0 Å². The Morgan fingerprint density at radius 2 is 2.15 bits per heavy atom. The van der Waals surface area contributed by atoms with E-state index in [-0.39, 0.29) is 12.1 Å².